The number of benzene rings is 1. The molecule has 0 saturated carbocycles. The fourth-order valence-electron chi connectivity index (χ4n) is 3.04. The van der Waals surface area contributed by atoms with Gasteiger partial charge in [0.25, 0.3) is 0 Å². The zero-order valence-corrected chi connectivity index (χ0v) is 19.9. The fraction of sp³-hybridized carbons (Fsp3) is 0.450. The number of hydrogen-bond donors (Lipinski definition) is 2. The van der Waals surface area contributed by atoms with Crippen LogP contribution in [0.25, 0.3) is 0 Å². The lowest BCUT2D eigenvalue weighted by Gasteiger charge is -2.25. The van der Waals surface area contributed by atoms with E-state index < -0.39 is 18.2 Å². The minimum atomic E-state index is -4.63. The van der Waals surface area contributed by atoms with Gasteiger partial charge in [0, 0.05) is 17.9 Å². The van der Waals surface area contributed by atoms with Gasteiger partial charge >= 0.3 is 18.2 Å². The van der Waals surface area contributed by atoms with Gasteiger partial charge in [-0.05, 0) is 30.9 Å². The Labute approximate surface area is 198 Å². The molecule has 0 radical (unpaired) electrons. The maximum atomic E-state index is 13.6. The van der Waals surface area contributed by atoms with Gasteiger partial charge in [-0.2, -0.15) is 40.2 Å². The minimum Gasteiger partial charge on any atom is -0.481 e. The standard InChI is InChI=1S/C20H24F3N3O4.2H2S/c1-4-12(9-17(27)28)13-6-7-15(18(30-5-2)20(21,22)23)16(8-13)26-14-10-24-19(29-3)25-11-14;;/h6-8,10-12,18,26H,4-5,9H2,1-3H3,(H,27,28);2*1H2/t12-,18-;;/m0../s1. The Morgan fingerprint density at radius 1 is 1.19 bits per heavy atom. The third kappa shape index (κ3) is 8.06. The molecule has 2 atom stereocenters. The van der Waals surface area contributed by atoms with Gasteiger partial charge in [-0.1, -0.05) is 19.1 Å². The number of aliphatic carboxylic acids is 1. The molecule has 7 nitrogen and oxygen atoms in total. The smallest absolute Gasteiger partial charge is 0.418 e. The number of anilines is 2. The van der Waals surface area contributed by atoms with Crippen molar-refractivity contribution in [2.45, 2.75) is 44.9 Å². The van der Waals surface area contributed by atoms with E-state index in [0.717, 1.165) is 0 Å². The highest BCUT2D eigenvalue weighted by atomic mass is 32.1. The summed E-state index contributed by atoms with van der Waals surface area (Å²) < 4.78 is 50.8. The van der Waals surface area contributed by atoms with E-state index in [-0.39, 0.29) is 63.2 Å². The summed E-state index contributed by atoms with van der Waals surface area (Å²) in [6.45, 7) is 3.18. The zero-order valence-electron chi connectivity index (χ0n) is 17.9. The van der Waals surface area contributed by atoms with Crippen molar-refractivity contribution in [1.82, 2.24) is 9.97 Å². The van der Waals surface area contributed by atoms with Crippen molar-refractivity contribution in [3.63, 3.8) is 0 Å². The molecular formula is C20H28F3N3O4S2. The Balaban J connectivity index is 0.00000480. The third-order valence-corrected chi connectivity index (χ3v) is 4.47. The van der Waals surface area contributed by atoms with Gasteiger partial charge in [0.15, 0.2) is 6.10 Å². The van der Waals surface area contributed by atoms with E-state index in [9.17, 15) is 18.0 Å². The second kappa shape index (κ2) is 13.4. The molecule has 0 spiro atoms. The van der Waals surface area contributed by atoms with Crippen molar-refractivity contribution < 1.29 is 32.5 Å². The highest BCUT2D eigenvalue weighted by Crippen LogP contribution is 2.41. The van der Waals surface area contributed by atoms with Crippen LogP contribution < -0.4 is 10.1 Å². The van der Waals surface area contributed by atoms with Gasteiger partial charge < -0.3 is 19.9 Å². The predicted molar refractivity (Wildman–Crippen MR) is 125 cm³/mol. The van der Waals surface area contributed by atoms with Crippen LogP contribution in [0.3, 0.4) is 0 Å². The average Bonchev–Trinajstić information content (AvgIpc) is 2.70. The Bertz CT molecular complexity index is 855. The first-order valence-corrected chi connectivity index (χ1v) is 9.36. The molecule has 0 aliphatic rings. The zero-order chi connectivity index (χ0) is 22.3. The molecule has 2 N–H and O–H groups in total. The van der Waals surface area contributed by atoms with E-state index in [1.54, 1.807) is 0 Å². The minimum absolute atomic E-state index is 0. The maximum absolute atomic E-state index is 13.6. The third-order valence-electron chi connectivity index (χ3n) is 4.47. The van der Waals surface area contributed by atoms with Crippen molar-refractivity contribution in [1.29, 1.82) is 0 Å². The summed E-state index contributed by atoms with van der Waals surface area (Å²) >= 11 is 0. The van der Waals surface area contributed by atoms with E-state index in [0.29, 0.717) is 17.7 Å². The van der Waals surface area contributed by atoms with E-state index >= 15 is 0 Å². The van der Waals surface area contributed by atoms with Gasteiger partial charge in [-0.25, -0.2) is 9.97 Å². The van der Waals surface area contributed by atoms with E-state index in [2.05, 4.69) is 15.3 Å². The predicted octanol–water partition coefficient (Wildman–Crippen LogP) is 5.06. The largest absolute Gasteiger partial charge is 0.481 e. The van der Waals surface area contributed by atoms with Crippen LogP contribution in [0, 0.1) is 0 Å². The molecule has 1 aromatic heterocycles. The van der Waals surface area contributed by atoms with E-state index in [1.807, 2.05) is 6.92 Å². The molecule has 32 heavy (non-hydrogen) atoms. The van der Waals surface area contributed by atoms with Crippen molar-refractivity contribution in [3.05, 3.63) is 41.7 Å². The summed E-state index contributed by atoms with van der Waals surface area (Å²) in [7, 11) is 1.40. The molecular weight excluding hydrogens is 467 g/mol. The summed E-state index contributed by atoms with van der Waals surface area (Å²) in [6, 6.07) is 4.47. The van der Waals surface area contributed by atoms with Crippen molar-refractivity contribution in [2.75, 3.05) is 19.0 Å². The molecule has 0 aliphatic carbocycles. The monoisotopic (exact) mass is 495 g/mol. The molecule has 180 valence electrons. The number of aromatic nitrogens is 2. The van der Waals surface area contributed by atoms with Crippen LogP contribution in [0.2, 0.25) is 0 Å². The van der Waals surface area contributed by atoms with Gasteiger partial charge in [-0.3, -0.25) is 4.79 Å². The number of carboxylic acid groups (broad SMARTS) is 1. The van der Waals surface area contributed by atoms with Gasteiger partial charge in [-0.15, -0.1) is 0 Å². The van der Waals surface area contributed by atoms with Crippen LogP contribution in [-0.4, -0.2) is 40.9 Å². The summed E-state index contributed by atoms with van der Waals surface area (Å²) in [5, 5.41) is 12.0. The highest BCUT2D eigenvalue weighted by molar-refractivity contribution is 7.59. The van der Waals surface area contributed by atoms with Crippen LogP contribution in [0.4, 0.5) is 24.5 Å². The summed E-state index contributed by atoms with van der Waals surface area (Å²) in [5.74, 6) is -1.33. The molecule has 0 aliphatic heterocycles. The number of methoxy groups -OCH3 is 1. The average molecular weight is 496 g/mol. The molecule has 0 fully saturated rings. The van der Waals surface area contributed by atoms with Crippen LogP contribution in [0.15, 0.2) is 30.6 Å². The molecule has 1 heterocycles. The molecule has 2 aromatic rings. The molecule has 2 rings (SSSR count). The Hall–Kier alpha value is -2.18. The number of carboxylic acids is 1. The molecule has 0 bridgehead atoms. The second-order valence-electron chi connectivity index (χ2n) is 6.51. The quantitative estimate of drug-likeness (QED) is 0.476. The molecule has 1 aromatic carbocycles. The number of halogens is 3. The lowest BCUT2D eigenvalue weighted by molar-refractivity contribution is -0.222. The Kier molecular flexibility index (Phi) is 12.5. The lowest BCUT2D eigenvalue weighted by atomic mass is 9.91. The number of nitrogens with one attached hydrogen (secondary N) is 1. The topological polar surface area (TPSA) is 93.6 Å². The summed E-state index contributed by atoms with van der Waals surface area (Å²) in [5.41, 5.74) is 0.978. The van der Waals surface area contributed by atoms with Crippen LogP contribution in [-0.2, 0) is 9.53 Å². The lowest BCUT2D eigenvalue weighted by Crippen LogP contribution is -2.24. The van der Waals surface area contributed by atoms with Gasteiger partial charge in [0.05, 0.1) is 31.6 Å². The normalized spacial score (nSPS) is 12.7. The number of carbonyl (C=O) groups is 1. The second-order valence-corrected chi connectivity index (χ2v) is 6.51. The first-order chi connectivity index (χ1) is 14.2. The molecule has 0 unspecified atom stereocenters. The van der Waals surface area contributed by atoms with Crippen molar-refractivity contribution in [2.24, 2.45) is 0 Å². The van der Waals surface area contributed by atoms with Gasteiger partial charge in [0.2, 0.25) is 0 Å². The Morgan fingerprint density at radius 3 is 2.28 bits per heavy atom. The first kappa shape index (κ1) is 29.8. The van der Waals surface area contributed by atoms with Crippen LogP contribution in [0.1, 0.15) is 49.8 Å². The Morgan fingerprint density at radius 2 is 1.81 bits per heavy atom. The first-order valence-electron chi connectivity index (χ1n) is 9.36. The number of nitrogens with zero attached hydrogens (tertiary/aromatic N) is 2. The van der Waals surface area contributed by atoms with E-state index in [1.165, 1.54) is 44.6 Å². The van der Waals surface area contributed by atoms with Gasteiger partial charge in [0.1, 0.15) is 0 Å². The SMILES string of the molecule is CCO[C@@H](c1ccc([C@@H](CC)CC(=O)O)cc1Nc1cnc(OC)nc1)C(F)(F)F.S.S. The molecule has 0 amide bonds. The van der Waals surface area contributed by atoms with Crippen LogP contribution in [0.5, 0.6) is 6.01 Å². The van der Waals surface area contributed by atoms with Crippen LogP contribution >= 0.6 is 27.0 Å². The number of rotatable bonds is 10. The highest BCUT2D eigenvalue weighted by Gasteiger charge is 2.43. The van der Waals surface area contributed by atoms with Crippen molar-refractivity contribution >= 4 is 44.3 Å². The van der Waals surface area contributed by atoms with E-state index in [4.69, 9.17) is 14.6 Å². The number of hydrogen-bond acceptors (Lipinski definition) is 6. The molecule has 12 heteroatoms. The number of alkyl halides is 3. The fourth-order valence-corrected chi connectivity index (χ4v) is 3.04. The van der Waals surface area contributed by atoms with Crippen molar-refractivity contribution in [3.8, 4) is 6.01 Å². The molecule has 0 saturated heterocycles. The number of ether oxygens (including phenoxy) is 2. The summed E-state index contributed by atoms with van der Waals surface area (Å²) in [6.07, 6.45) is -3.63. The summed E-state index contributed by atoms with van der Waals surface area (Å²) in [4.78, 5) is 19.0. The maximum Gasteiger partial charge on any atom is 0.418 e.